The van der Waals surface area contributed by atoms with E-state index in [2.05, 4.69) is 14.9 Å². The predicted molar refractivity (Wildman–Crippen MR) is 105 cm³/mol. The molecule has 7 nitrogen and oxygen atoms in total. The Morgan fingerprint density at radius 3 is 2.82 bits per heavy atom. The molecule has 1 unspecified atom stereocenters. The molecule has 2 aromatic rings. The number of amides is 1. The van der Waals surface area contributed by atoms with Gasteiger partial charge in [0.25, 0.3) is 5.91 Å². The third-order valence-corrected chi connectivity index (χ3v) is 5.47. The van der Waals surface area contributed by atoms with Gasteiger partial charge < -0.3 is 14.5 Å². The van der Waals surface area contributed by atoms with Gasteiger partial charge in [0, 0.05) is 33.6 Å². The first-order chi connectivity index (χ1) is 13.5. The highest BCUT2D eigenvalue weighted by Gasteiger charge is 2.41. The van der Waals surface area contributed by atoms with Crippen LogP contribution in [0.4, 0.5) is 5.82 Å². The van der Waals surface area contributed by atoms with Crippen LogP contribution in [0, 0.1) is 0 Å². The Labute approximate surface area is 164 Å². The summed E-state index contributed by atoms with van der Waals surface area (Å²) in [4.78, 5) is 37.2. The molecule has 146 valence electrons. The quantitative estimate of drug-likeness (QED) is 0.797. The van der Waals surface area contributed by atoms with Crippen molar-refractivity contribution in [2.75, 3.05) is 32.1 Å². The summed E-state index contributed by atoms with van der Waals surface area (Å²) >= 11 is 0. The van der Waals surface area contributed by atoms with Crippen LogP contribution in [0.2, 0.25) is 0 Å². The molecule has 2 aliphatic rings. The van der Waals surface area contributed by atoms with Crippen LogP contribution < -0.4 is 9.64 Å². The van der Waals surface area contributed by atoms with Gasteiger partial charge in [-0.3, -0.25) is 14.6 Å². The summed E-state index contributed by atoms with van der Waals surface area (Å²) in [6, 6.07) is 7.47. The fourth-order valence-electron chi connectivity index (χ4n) is 3.96. The van der Waals surface area contributed by atoms with Crippen LogP contribution in [0.1, 0.15) is 46.5 Å². The van der Waals surface area contributed by atoms with E-state index in [1.807, 2.05) is 24.3 Å². The fourth-order valence-corrected chi connectivity index (χ4v) is 3.96. The van der Waals surface area contributed by atoms with Gasteiger partial charge in [-0.25, -0.2) is 4.98 Å². The standard InChI is InChI=1S/C21H24N4O3/c1-24(2)20(27)16-13-22-14-19(23-16)25-10-5-8-21(9-11-25)12-17(26)15-6-3-4-7-18(15)28-21/h3-4,6-7,13-14H,5,8-12H2,1-2H3. The molecule has 7 heteroatoms. The van der Waals surface area contributed by atoms with Crippen LogP contribution in [0.25, 0.3) is 0 Å². The Kier molecular flexibility index (Phi) is 4.75. The molecule has 1 amide bonds. The van der Waals surface area contributed by atoms with Crippen molar-refractivity contribution in [2.24, 2.45) is 0 Å². The summed E-state index contributed by atoms with van der Waals surface area (Å²) in [5.74, 6) is 1.35. The molecule has 0 aliphatic carbocycles. The van der Waals surface area contributed by atoms with E-state index in [-0.39, 0.29) is 11.7 Å². The maximum absolute atomic E-state index is 12.6. The molecular formula is C21H24N4O3. The summed E-state index contributed by atoms with van der Waals surface area (Å²) in [7, 11) is 3.39. The van der Waals surface area contributed by atoms with Crippen LogP contribution in [0.3, 0.4) is 0 Å². The average molecular weight is 380 g/mol. The zero-order valence-electron chi connectivity index (χ0n) is 16.2. The number of para-hydroxylation sites is 1. The van der Waals surface area contributed by atoms with Crippen LogP contribution in [0.5, 0.6) is 5.75 Å². The number of benzene rings is 1. The number of Topliss-reactive ketones (excluding diaryl/α,β-unsaturated/α-hetero) is 1. The largest absolute Gasteiger partial charge is 0.486 e. The first-order valence-electron chi connectivity index (χ1n) is 9.57. The average Bonchev–Trinajstić information content (AvgIpc) is 2.90. The molecule has 1 fully saturated rings. The second-order valence-corrected chi connectivity index (χ2v) is 7.68. The van der Waals surface area contributed by atoms with Crippen molar-refractivity contribution in [1.82, 2.24) is 14.9 Å². The van der Waals surface area contributed by atoms with Crippen LogP contribution in [0.15, 0.2) is 36.7 Å². The third kappa shape index (κ3) is 3.44. The molecule has 1 aromatic carbocycles. The zero-order chi connectivity index (χ0) is 19.7. The van der Waals surface area contributed by atoms with Crippen molar-refractivity contribution in [3.63, 3.8) is 0 Å². The van der Waals surface area contributed by atoms with E-state index in [0.29, 0.717) is 35.8 Å². The van der Waals surface area contributed by atoms with E-state index >= 15 is 0 Å². The van der Waals surface area contributed by atoms with Gasteiger partial charge in [0.15, 0.2) is 5.78 Å². The Bertz CT molecular complexity index is 914. The lowest BCUT2D eigenvalue weighted by molar-refractivity contribution is 0.0323. The van der Waals surface area contributed by atoms with Gasteiger partial charge in [-0.2, -0.15) is 0 Å². The Hall–Kier alpha value is -2.96. The minimum Gasteiger partial charge on any atom is -0.486 e. The molecule has 3 heterocycles. The molecule has 1 atom stereocenters. The van der Waals surface area contributed by atoms with Crippen LogP contribution >= 0.6 is 0 Å². The molecule has 0 radical (unpaired) electrons. The minimum absolute atomic E-state index is 0.147. The summed E-state index contributed by atoms with van der Waals surface area (Å²) in [5.41, 5.74) is 0.541. The molecular weight excluding hydrogens is 356 g/mol. The van der Waals surface area contributed by atoms with Crippen LogP contribution in [-0.2, 0) is 0 Å². The highest BCUT2D eigenvalue weighted by atomic mass is 16.5. The molecule has 0 saturated carbocycles. The van der Waals surface area contributed by atoms with E-state index in [4.69, 9.17) is 4.74 Å². The first kappa shape index (κ1) is 18.4. The third-order valence-electron chi connectivity index (χ3n) is 5.47. The normalized spacial score (nSPS) is 21.6. The number of fused-ring (bicyclic) bond motifs is 1. The molecule has 0 N–H and O–H groups in total. The van der Waals surface area contributed by atoms with E-state index in [1.165, 1.54) is 11.1 Å². The van der Waals surface area contributed by atoms with Crippen molar-refractivity contribution >= 4 is 17.5 Å². The first-order valence-corrected chi connectivity index (χ1v) is 9.57. The minimum atomic E-state index is -0.468. The highest BCUT2D eigenvalue weighted by Crippen LogP contribution is 2.39. The summed E-state index contributed by atoms with van der Waals surface area (Å²) in [6.07, 6.45) is 6.00. The number of carbonyl (C=O) groups excluding carboxylic acids is 2. The van der Waals surface area contributed by atoms with E-state index in [9.17, 15) is 9.59 Å². The van der Waals surface area contributed by atoms with E-state index in [1.54, 1.807) is 20.3 Å². The maximum Gasteiger partial charge on any atom is 0.273 e. The summed E-state index contributed by atoms with van der Waals surface area (Å²) < 4.78 is 6.34. The van der Waals surface area contributed by atoms with E-state index < -0.39 is 5.60 Å². The van der Waals surface area contributed by atoms with Gasteiger partial charge >= 0.3 is 0 Å². The van der Waals surface area contributed by atoms with Crippen molar-refractivity contribution in [3.05, 3.63) is 47.9 Å². The smallest absolute Gasteiger partial charge is 0.273 e. The van der Waals surface area contributed by atoms with Gasteiger partial charge in [-0.05, 0) is 25.0 Å². The number of rotatable bonds is 2. The highest BCUT2D eigenvalue weighted by molar-refractivity contribution is 6.00. The van der Waals surface area contributed by atoms with Crippen molar-refractivity contribution in [3.8, 4) is 5.75 Å². The number of hydrogen-bond donors (Lipinski definition) is 0. The van der Waals surface area contributed by atoms with E-state index in [0.717, 1.165) is 25.8 Å². The lowest BCUT2D eigenvalue weighted by Crippen LogP contribution is -2.43. The predicted octanol–water partition coefficient (Wildman–Crippen LogP) is 2.57. The molecule has 1 spiro atoms. The number of aromatic nitrogens is 2. The molecule has 2 aliphatic heterocycles. The molecule has 1 aromatic heterocycles. The summed E-state index contributed by atoms with van der Waals surface area (Å²) in [5, 5.41) is 0. The maximum atomic E-state index is 12.6. The number of carbonyl (C=O) groups is 2. The summed E-state index contributed by atoms with van der Waals surface area (Å²) in [6.45, 7) is 1.49. The Morgan fingerprint density at radius 1 is 1.18 bits per heavy atom. The van der Waals surface area contributed by atoms with Crippen LogP contribution in [-0.4, -0.2) is 59.3 Å². The Balaban J connectivity index is 1.53. The topological polar surface area (TPSA) is 75.6 Å². The SMILES string of the molecule is CN(C)C(=O)c1cncc(N2CCCC3(CC2)CC(=O)c2ccccc2O3)n1. The van der Waals surface area contributed by atoms with Crippen molar-refractivity contribution < 1.29 is 14.3 Å². The van der Waals surface area contributed by atoms with Gasteiger partial charge in [-0.15, -0.1) is 0 Å². The lowest BCUT2D eigenvalue weighted by atomic mass is 9.84. The number of hydrogen-bond acceptors (Lipinski definition) is 6. The van der Waals surface area contributed by atoms with Crippen molar-refractivity contribution in [1.29, 1.82) is 0 Å². The molecule has 4 rings (SSSR count). The number of ether oxygens (including phenoxy) is 1. The molecule has 28 heavy (non-hydrogen) atoms. The van der Waals surface area contributed by atoms with Gasteiger partial charge in [0.1, 0.15) is 22.9 Å². The monoisotopic (exact) mass is 380 g/mol. The fraction of sp³-hybridized carbons (Fsp3) is 0.429. The lowest BCUT2D eigenvalue weighted by Gasteiger charge is -2.37. The van der Waals surface area contributed by atoms with Gasteiger partial charge in [0.05, 0.1) is 24.4 Å². The van der Waals surface area contributed by atoms with Crippen molar-refractivity contribution in [2.45, 2.75) is 31.3 Å². The number of nitrogens with zero attached hydrogens (tertiary/aromatic N) is 4. The molecule has 1 saturated heterocycles. The van der Waals surface area contributed by atoms with Gasteiger partial charge in [0.2, 0.25) is 0 Å². The Morgan fingerprint density at radius 2 is 2.00 bits per heavy atom. The molecule has 0 bridgehead atoms. The number of anilines is 1. The van der Waals surface area contributed by atoms with Gasteiger partial charge in [-0.1, -0.05) is 12.1 Å². The zero-order valence-corrected chi connectivity index (χ0v) is 16.2. The second-order valence-electron chi connectivity index (χ2n) is 7.68. The number of ketones is 1. The second kappa shape index (κ2) is 7.22.